The Morgan fingerprint density at radius 1 is 1.10 bits per heavy atom. The molecule has 0 heterocycles. The number of benzene rings is 2. The van der Waals surface area contributed by atoms with E-state index in [2.05, 4.69) is 0 Å². The Kier molecular flexibility index (Phi) is 3.74. The molecule has 1 saturated carbocycles. The number of carbonyl (C=O) groups is 2. The minimum absolute atomic E-state index is 0.0338. The second kappa shape index (κ2) is 5.68. The van der Waals surface area contributed by atoms with Crippen molar-refractivity contribution in [2.75, 3.05) is 0 Å². The summed E-state index contributed by atoms with van der Waals surface area (Å²) in [6.45, 7) is 1.56. The van der Waals surface area contributed by atoms with Gasteiger partial charge in [-0.25, -0.2) is 0 Å². The minimum atomic E-state index is -0.342. The highest BCUT2D eigenvalue weighted by molar-refractivity contribution is 6.08. The fourth-order valence-corrected chi connectivity index (χ4v) is 2.91. The average molecular weight is 282 g/mol. The number of ether oxygens (including phenoxy) is 1. The Morgan fingerprint density at radius 2 is 1.86 bits per heavy atom. The van der Waals surface area contributed by atoms with Crippen LogP contribution in [0.3, 0.4) is 0 Å². The van der Waals surface area contributed by atoms with Gasteiger partial charge in [-0.05, 0) is 43.7 Å². The van der Waals surface area contributed by atoms with Crippen molar-refractivity contribution >= 4 is 22.3 Å². The first-order chi connectivity index (χ1) is 10.2. The lowest BCUT2D eigenvalue weighted by Gasteiger charge is -2.23. The molecule has 108 valence electrons. The molecule has 0 bridgehead atoms. The Labute approximate surface area is 123 Å². The van der Waals surface area contributed by atoms with Gasteiger partial charge in [-0.2, -0.15) is 0 Å². The molecule has 0 radical (unpaired) electrons. The number of hydrogen-bond acceptors (Lipinski definition) is 3. The van der Waals surface area contributed by atoms with Crippen molar-refractivity contribution in [3.8, 4) is 5.75 Å². The summed E-state index contributed by atoms with van der Waals surface area (Å²) in [4.78, 5) is 23.6. The van der Waals surface area contributed by atoms with Gasteiger partial charge in [-0.15, -0.1) is 0 Å². The molecule has 0 aliphatic heterocycles. The van der Waals surface area contributed by atoms with E-state index in [1.54, 1.807) is 19.1 Å². The van der Waals surface area contributed by atoms with Gasteiger partial charge in [-0.3, -0.25) is 9.59 Å². The van der Waals surface area contributed by atoms with Gasteiger partial charge in [0.1, 0.15) is 5.75 Å². The quantitative estimate of drug-likeness (QED) is 0.801. The van der Waals surface area contributed by atoms with Crippen LogP contribution in [0.1, 0.15) is 43.0 Å². The zero-order valence-corrected chi connectivity index (χ0v) is 12.1. The van der Waals surface area contributed by atoms with E-state index in [1.165, 1.54) is 0 Å². The molecule has 2 aromatic rings. The lowest BCUT2D eigenvalue weighted by molar-refractivity contribution is -0.127. The molecule has 2 aromatic carbocycles. The summed E-state index contributed by atoms with van der Waals surface area (Å²) in [6, 6.07) is 11.3. The molecule has 0 spiro atoms. The van der Waals surface area contributed by atoms with Crippen molar-refractivity contribution in [3.05, 3.63) is 42.0 Å². The smallest absolute Gasteiger partial charge is 0.173 e. The van der Waals surface area contributed by atoms with Gasteiger partial charge in [0.2, 0.25) is 0 Å². The van der Waals surface area contributed by atoms with Crippen LogP contribution in [0, 0.1) is 0 Å². The SMILES string of the molecule is CC(=O)c1ccc(O[C@H]2CCCCC2=O)c2ccccc12. The minimum Gasteiger partial charge on any atom is -0.482 e. The summed E-state index contributed by atoms with van der Waals surface area (Å²) in [6.07, 6.45) is 3.03. The molecule has 1 fully saturated rings. The zero-order valence-electron chi connectivity index (χ0n) is 12.1. The first kappa shape index (κ1) is 13.8. The maximum Gasteiger partial charge on any atom is 0.173 e. The third-order valence-corrected chi connectivity index (χ3v) is 4.03. The van der Waals surface area contributed by atoms with E-state index in [9.17, 15) is 9.59 Å². The number of Topliss-reactive ketones (excluding diaryl/α,β-unsaturated/α-hetero) is 2. The van der Waals surface area contributed by atoms with Gasteiger partial charge < -0.3 is 4.74 Å². The molecule has 3 rings (SSSR count). The van der Waals surface area contributed by atoms with Crippen molar-refractivity contribution in [3.63, 3.8) is 0 Å². The molecule has 3 heteroatoms. The number of rotatable bonds is 3. The zero-order chi connectivity index (χ0) is 14.8. The van der Waals surface area contributed by atoms with Crippen LogP contribution in [-0.2, 0) is 4.79 Å². The van der Waals surface area contributed by atoms with E-state index in [0.29, 0.717) is 17.7 Å². The second-order valence-electron chi connectivity index (χ2n) is 5.53. The van der Waals surface area contributed by atoms with E-state index in [-0.39, 0.29) is 17.7 Å². The Morgan fingerprint density at radius 3 is 2.57 bits per heavy atom. The number of carbonyl (C=O) groups excluding carboxylic acids is 2. The summed E-state index contributed by atoms with van der Waals surface area (Å²) in [7, 11) is 0. The van der Waals surface area contributed by atoms with Crippen LogP contribution in [0.15, 0.2) is 36.4 Å². The molecule has 0 N–H and O–H groups in total. The first-order valence-electron chi connectivity index (χ1n) is 7.39. The van der Waals surface area contributed by atoms with E-state index >= 15 is 0 Å². The van der Waals surface area contributed by atoms with Crippen LogP contribution >= 0.6 is 0 Å². The molecule has 1 aliphatic carbocycles. The van der Waals surface area contributed by atoms with E-state index in [0.717, 1.165) is 30.0 Å². The van der Waals surface area contributed by atoms with Gasteiger partial charge in [0.15, 0.2) is 17.7 Å². The molecule has 0 unspecified atom stereocenters. The van der Waals surface area contributed by atoms with Crippen molar-refractivity contribution in [1.29, 1.82) is 0 Å². The van der Waals surface area contributed by atoms with Gasteiger partial charge in [0.25, 0.3) is 0 Å². The molecule has 1 atom stereocenters. The lowest BCUT2D eigenvalue weighted by Crippen LogP contribution is -2.30. The van der Waals surface area contributed by atoms with Crippen LogP contribution in [-0.4, -0.2) is 17.7 Å². The average Bonchev–Trinajstić information content (AvgIpc) is 2.49. The molecule has 1 aliphatic rings. The Bertz CT molecular complexity index is 703. The van der Waals surface area contributed by atoms with Crippen molar-refractivity contribution < 1.29 is 14.3 Å². The monoisotopic (exact) mass is 282 g/mol. The summed E-state index contributed by atoms with van der Waals surface area (Å²) >= 11 is 0. The molecule has 0 amide bonds. The van der Waals surface area contributed by atoms with Crippen molar-refractivity contribution in [2.24, 2.45) is 0 Å². The largest absolute Gasteiger partial charge is 0.482 e. The molecule has 3 nitrogen and oxygen atoms in total. The first-order valence-corrected chi connectivity index (χ1v) is 7.39. The second-order valence-corrected chi connectivity index (χ2v) is 5.53. The van der Waals surface area contributed by atoms with Gasteiger partial charge >= 0.3 is 0 Å². The third kappa shape index (κ3) is 2.68. The van der Waals surface area contributed by atoms with E-state index in [4.69, 9.17) is 4.74 Å². The summed E-state index contributed by atoms with van der Waals surface area (Å²) in [5, 5.41) is 1.77. The van der Waals surface area contributed by atoms with Crippen LogP contribution in [0.25, 0.3) is 10.8 Å². The predicted octanol–water partition coefficient (Wildman–Crippen LogP) is 3.93. The molecule has 21 heavy (non-hydrogen) atoms. The maximum absolute atomic E-state index is 11.9. The normalized spacial score (nSPS) is 18.7. The summed E-state index contributed by atoms with van der Waals surface area (Å²) in [5.41, 5.74) is 0.688. The van der Waals surface area contributed by atoms with Crippen LogP contribution in [0.5, 0.6) is 5.75 Å². The highest BCUT2D eigenvalue weighted by Crippen LogP contribution is 2.31. The standard InChI is InChI=1S/C18H18O3/c1-12(19)13-10-11-17(15-7-3-2-6-14(13)15)21-18-9-5-4-8-16(18)20/h2-3,6-7,10-11,18H,4-5,8-9H2,1H3/t18-/m0/s1. The van der Waals surface area contributed by atoms with Crippen molar-refractivity contribution in [1.82, 2.24) is 0 Å². The fourth-order valence-electron chi connectivity index (χ4n) is 2.91. The van der Waals surface area contributed by atoms with E-state index < -0.39 is 0 Å². The van der Waals surface area contributed by atoms with Crippen LogP contribution in [0.2, 0.25) is 0 Å². The number of ketones is 2. The number of fused-ring (bicyclic) bond motifs is 1. The van der Waals surface area contributed by atoms with Gasteiger partial charge in [0.05, 0.1) is 0 Å². The molecular weight excluding hydrogens is 264 g/mol. The van der Waals surface area contributed by atoms with Crippen molar-refractivity contribution in [2.45, 2.75) is 38.7 Å². The molecular formula is C18H18O3. The maximum atomic E-state index is 11.9. The third-order valence-electron chi connectivity index (χ3n) is 4.03. The van der Waals surface area contributed by atoms with Crippen LogP contribution in [0.4, 0.5) is 0 Å². The fraction of sp³-hybridized carbons (Fsp3) is 0.333. The highest BCUT2D eigenvalue weighted by atomic mass is 16.5. The number of hydrogen-bond donors (Lipinski definition) is 0. The van der Waals surface area contributed by atoms with Gasteiger partial charge in [-0.1, -0.05) is 24.3 Å². The lowest BCUT2D eigenvalue weighted by atomic mass is 9.96. The predicted molar refractivity (Wildman–Crippen MR) is 81.8 cm³/mol. The summed E-state index contributed by atoms with van der Waals surface area (Å²) in [5.74, 6) is 0.906. The molecule has 0 saturated heterocycles. The van der Waals surface area contributed by atoms with E-state index in [1.807, 2.05) is 24.3 Å². The topological polar surface area (TPSA) is 43.4 Å². The molecule has 0 aromatic heterocycles. The highest BCUT2D eigenvalue weighted by Gasteiger charge is 2.24. The summed E-state index contributed by atoms with van der Waals surface area (Å²) < 4.78 is 5.95. The van der Waals surface area contributed by atoms with Crippen LogP contribution < -0.4 is 4.74 Å². The Balaban J connectivity index is 2.01. The Hall–Kier alpha value is -2.16. The van der Waals surface area contributed by atoms with Gasteiger partial charge in [0, 0.05) is 17.4 Å².